The van der Waals surface area contributed by atoms with Crippen LogP contribution in [0.3, 0.4) is 0 Å². The van der Waals surface area contributed by atoms with Gasteiger partial charge in [-0.3, -0.25) is 0 Å². The van der Waals surface area contributed by atoms with Gasteiger partial charge >= 0.3 is 0 Å². The summed E-state index contributed by atoms with van der Waals surface area (Å²) >= 11 is 5.76. The Morgan fingerprint density at radius 1 is 2.00 bits per heavy atom. The van der Waals surface area contributed by atoms with E-state index in [0.717, 1.165) is 6.42 Å². The zero-order valence-corrected chi connectivity index (χ0v) is 6.82. The molecule has 0 aliphatic rings. The standard InChI is InChI=1S/C5H11ClSi/c1-3-5(6)7-4-2/h4-5H,2-3,7H2,1H3. The first-order chi connectivity index (χ1) is 3.31. The van der Waals surface area contributed by atoms with Crippen LogP contribution in [0, 0.1) is 0 Å². The molecule has 0 aromatic carbocycles. The van der Waals surface area contributed by atoms with Crippen molar-refractivity contribution in [2.75, 3.05) is 0 Å². The van der Waals surface area contributed by atoms with Gasteiger partial charge in [0, 0.05) is 5.00 Å². The first-order valence-electron chi connectivity index (χ1n) is 2.56. The van der Waals surface area contributed by atoms with E-state index < -0.39 is 0 Å². The zero-order chi connectivity index (χ0) is 5.70. The van der Waals surface area contributed by atoms with Crippen molar-refractivity contribution in [2.24, 2.45) is 0 Å². The van der Waals surface area contributed by atoms with Gasteiger partial charge in [-0.1, -0.05) is 6.92 Å². The summed E-state index contributed by atoms with van der Waals surface area (Å²) in [6.07, 6.45) is 1.10. The van der Waals surface area contributed by atoms with Gasteiger partial charge < -0.3 is 0 Å². The summed E-state index contributed by atoms with van der Waals surface area (Å²) in [6.45, 7) is 5.73. The highest BCUT2D eigenvalue weighted by molar-refractivity contribution is 6.56. The molecule has 0 nitrogen and oxygen atoms in total. The van der Waals surface area contributed by atoms with E-state index in [1.165, 1.54) is 0 Å². The average molecular weight is 135 g/mol. The van der Waals surface area contributed by atoms with Crippen LogP contribution >= 0.6 is 11.6 Å². The Labute approximate surface area is 52.4 Å². The molecule has 0 heterocycles. The lowest BCUT2D eigenvalue weighted by molar-refractivity contribution is 1.03. The topological polar surface area (TPSA) is 0 Å². The highest BCUT2D eigenvalue weighted by Gasteiger charge is 1.94. The predicted octanol–water partition coefficient (Wildman–Crippen LogP) is 1.27. The van der Waals surface area contributed by atoms with Gasteiger partial charge in [-0.2, -0.15) is 0 Å². The maximum atomic E-state index is 5.76. The van der Waals surface area contributed by atoms with Crippen LogP contribution in [0.5, 0.6) is 0 Å². The molecule has 1 atom stereocenters. The summed E-state index contributed by atoms with van der Waals surface area (Å²) in [6, 6.07) is 0. The van der Waals surface area contributed by atoms with Gasteiger partial charge in [0.2, 0.25) is 0 Å². The van der Waals surface area contributed by atoms with Gasteiger partial charge in [0.25, 0.3) is 0 Å². The molecule has 0 N–H and O–H groups in total. The molecule has 0 amide bonds. The van der Waals surface area contributed by atoms with Gasteiger partial charge in [0.1, 0.15) is 0 Å². The van der Waals surface area contributed by atoms with Crippen LogP contribution in [-0.4, -0.2) is 14.5 Å². The summed E-state index contributed by atoms with van der Waals surface area (Å²) in [5, 5.41) is 0.442. The molecular formula is C5H11ClSi. The molecule has 0 radical (unpaired) electrons. The number of hydrogen-bond donors (Lipinski definition) is 0. The van der Waals surface area contributed by atoms with E-state index in [-0.39, 0.29) is 9.52 Å². The van der Waals surface area contributed by atoms with Crippen molar-refractivity contribution in [3.63, 3.8) is 0 Å². The molecule has 0 saturated carbocycles. The maximum absolute atomic E-state index is 5.76. The van der Waals surface area contributed by atoms with Crippen LogP contribution in [0.2, 0.25) is 0 Å². The third-order valence-electron chi connectivity index (χ3n) is 0.865. The average Bonchev–Trinajstić information content (AvgIpc) is 1.68. The van der Waals surface area contributed by atoms with Crippen molar-refractivity contribution in [1.82, 2.24) is 0 Å². The van der Waals surface area contributed by atoms with Crippen molar-refractivity contribution in [3.05, 3.63) is 12.3 Å². The monoisotopic (exact) mass is 134 g/mol. The third kappa shape index (κ3) is 4.09. The fourth-order valence-electron chi connectivity index (χ4n) is 0.348. The lowest BCUT2D eigenvalue weighted by Gasteiger charge is -1.96. The van der Waals surface area contributed by atoms with E-state index in [0.29, 0.717) is 5.00 Å². The van der Waals surface area contributed by atoms with E-state index in [9.17, 15) is 0 Å². The summed E-state index contributed by atoms with van der Waals surface area (Å²) in [5.41, 5.74) is 1.99. The van der Waals surface area contributed by atoms with Crippen molar-refractivity contribution >= 4 is 21.1 Å². The number of halogens is 1. The fraction of sp³-hybridized carbons (Fsp3) is 0.600. The Kier molecular flexibility index (Phi) is 4.56. The van der Waals surface area contributed by atoms with E-state index in [2.05, 4.69) is 13.5 Å². The van der Waals surface area contributed by atoms with Crippen molar-refractivity contribution < 1.29 is 0 Å². The van der Waals surface area contributed by atoms with Crippen LogP contribution < -0.4 is 0 Å². The lowest BCUT2D eigenvalue weighted by atomic mass is 10.6. The van der Waals surface area contributed by atoms with Crippen LogP contribution in [0.4, 0.5) is 0 Å². The smallest absolute Gasteiger partial charge is 0.0653 e. The van der Waals surface area contributed by atoms with Gasteiger partial charge in [0.15, 0.2) is 0 Å². The maximum Gasteiger partial charge on any atom is 0.0653 e. The van der Waals surface area contributed by atoms with Crippen molar-refractivity contribution in [3.8, 4) is 0 Å². The van der Waals surface area contributed by atoms with E-state index in [1.54, 1.807) is 0 Å². The van der Waals surface area contributed by atoms with Gasteiger partial charge in [-0.15, -0.1) is 23.9 Å². The number of rotatable bonds is 3. The van der Waals surface area contributed by atoms with Gasteiger partial charge in [-0.05, 0) is 6.42 Å². The minimum Gasteiger partial charge on any atom is -0.127 e. The Morgan fingerprint density at radius 3 is 2.71 bits per heavy atom. The fourth-order valence-corrected chi connectivity index (χ4v) is 1.42. The molecule has 0 spiro atoms. The first kappa shape index (κ1) is 7.25. The third-order valence-corrected chi connectivity index (χ3v) is 3.13. The molecule has 1 unspecified atom stereocenters. The SMILES string of the molecule is C=C[SiH2]C(Cl)CC. The molecule has 42 valence electrons. The molecule has 2 heteroatoms. The molecule has 0 fully saturated rings. The van der Waals surface area contributed by atoms with Crippen LogP contribution in [0.1, 0.15) is 13.3 Å². The molecule has 0 aromatic rings. The molecule has 0 bridgehead atoms. The highest BCUT2D eigenvalue weighted by Crippen LogP contribution is 1.96. The normalized spacial score (nSPS) is 15.1. The first-order valence-corrected chi connectivity index (χ1v) is 4.63. The molecular weight excluding hydrogens is 124 g/mol. The minimum absolute atomic E-state index is 0.125. The van der Waals surface area contributed by atoms with Crippen LogP contribution in [-0.2, 0) is 0 Å². The van der Waals surface area contributed by atoms with Crippen molar-refractivity contribution in [1.29, 1.82) is 0 Å². The lowest BCUT2D eigenvalue weighted by Crippen LogP contribution is -2.03. The van der Waals surface area contributed by atoms with Crippen LogP contribution in [0.15, 0.2) is 12.3 Å². The Hall–Kier alpha value is 0.247. The second-order valence-electron chi connectivity index (χ2n) is 1.53. The van der Waals surface area contributed by atoms with Crippen molar-refractivity contribution in [2.45, 2.75) is 18.3 Å². The molecule has 7 heavy (non-hydrogen) atoms. The number of hydrogen-bond acceptors (Lipinski definition) is 0. The minimum atomic E-state index is -0.125. The van der Waals surface area contributed by atoms with Crippen LogP contribution in [0.25, 0.3) is 0 Å². The zero-order valence-electron chi connectivity index (χ0n) is 4.65. The Morgan fingerprint density at radius 2 is 2.57 bits per heavy atom. The van der Waals surface area contributed by atoms with Gasteiger partial charge in [0.05, 0.1) is 9.52 Å². The summed E-state index contributed by atoms with van der Waals surface area (Å²) in [5.74, 6) is 0. The molecule has 0 rings (SSSR count). The molecule has 0 aliphatic carbocycles. The molecule has 0 saturated heterocycles. The van der Waals surface area contributed by atoms with E-state index >= 15 is 0 Å². The van der Waals surface area contributed by atoms with Gasteiger partial charge in [-0.25, -0.2) is 0 Å². The van der Waals surface area contributed by atoms with E-state index in [1.807, 2.05) is 5.70 Å². The predicted molar refractivity (Wildman–Crippen MR) is 38.7 cm³/mol. The second-order valence-corrected chi connectivity index (χ2v) is 4.70. The number of alkyl halides is 1. The highest BCUT2D eigenvalue weighted by atomic mass is 35.5. The summed E-state index contributed by atoms with van der Waals surface area (Å²) in [4.78, 5) is 0. The quantitative estimate of drug-likeness (QED) is 0.403. The Balaban J connectivity index is 2.98. The second kappa shape index (κ2) is 4.41. The summed E-state index contributed by atoms with van der Waals surface area (Å²) < 4.78 is 0. The molecule has 0 aliphatic heterocycles. The Bertz CT molecular complexity index is 54.0. The van der Waals surface area contributed by atoms with E-state index in [4.69, 9.17) is 11.6 Å². The molecule has 0 aromatic heterocycles. The summed E-state index contributed by atoms with van der Waals surface area (Å²) in [7, 11) is -0.125. The largest absolute Gasteiger partial charge is 0.127 e.